The molecule has 0 saturated heterocycles. The van der Waals surface area contributed by atoms with Crippen molar-refractivity contribution in [3.8, 4) is 0 Å². The molecule has 0 saturated carbocycles. The Balaban J connectivity index is 2.66. The van der Waals surface area contributed by atoms with Crippen molar-refractivity contribution in [1.82, 2.24) is 4.90 Å². The number of benzene rings is 1. The van der Waals surface area contributed by atoms with Crippen LogP contribution in [0, 0.1) is 0 Å². The first-order valence-electron chi connectivity index (χ1n) is 4.72. The van der Waals surface area contributed by atoms with E-state index in [0.29, 0.717) is 12.5 Å². The van der Waals surface area contributed by atoms with Crippen molar-refractivity contribution in [2.24, 2.45) is 0 Å². The van der Waals surface area contributed by atoms with Crippen molar-refractivity contribution in [3.63, 3.8) is 0 Å². The van der Waals surface area contributed by atoms with Gasteiger partial charge in [-0.1, -0.05) is 30.3 Å². The molecular weight excluding hydrogens is 190 g/mol. The lowest BCUT2D eigenvalue weighted by atomic mass is 10.2. The second-order valence-corrected chi connectivity index (χ2v) is 3.43. The molecule has 0 aromatic heterocycles. The summed E-state index contributed by atoms with van der Waals surface area (Å²) >= 11 is 0. The molecule has 0 atom stereocenters. The summed E-state index contributed by atoms with van der Waals surface area (Å²) in [6.07, 6.45) is 2.44. The van der Waals surface area contributed by atoms with Crippen LogP contribution in [0.1, 0.15) is 5.56 Å². The average molecular weight is 205 g/mol. The molecule has 0 fully saturated rings. The van der Waals surface area contributed by atoms with Gasteiger partial charge in [0.1, 0.15) is 6.73 Å². The van der Waals surface area contributed by atoms with E-state index in [0.717, 1.165) is 11.8 Å². The predicted molar refractivity (Wildman–Crippen MR) is 60.1 cm³/mol. The van der Waals surface area contributed by atoms with Crippen molar-refractivity contribution in [2.75, 3.05) is 20.8 Å². The standard InChI is InChI=1S/C12H15NO2/c1-13(2)10-15-12(9-14)8-11-6-4-3-5-7-11/h3-9H,10H2,1-2H3. The van der Waals surface area contributed by atoms with E-state index in [9.17, 15) is 4.79 Å². The first-order chi connectivity index (χ1) is 7.22. The van der Waals surface area contributed by atoms with Gasteiger partial charge in [-0.25, -0.2) is 0 Å². The van der Waals surface area contributed by atoms with Crippen LogP contribution >= 0.6 is 0 Å². The zero-order valence-corrected chi connectivity index (χ0v) is 9.01. The zero-order valence-electron chi connectivity index (χ0n) is 9.01. The van der Waals surface area contributed by atoms with Crippen molar-refractivity contribution < 1.29 is 9.53 Å². The van der Waals surface area contributed by atoms with Crippen molar-refractivity contribution in [2.45, 2.75) is 0 Å². The summed E-state index contributed by atoms with van der Waals surface area (Å²) < 4.78 is 5.28. The van der Waals surface area contributed by atoms with E-state index in [2.05, 4.69) is 0 Å². The van der Waals surface area contributed by atoms with Crippen LogP contribution in [0.2, 0.25) is 0 Å². The molecule has 0 spiro atoms. The third-order valence-corrected chi connectivity index (χ3v) is 1.71. The van der Waals surface area contributed by atoms with Gasteiger partial charge in [-0.15, -0.1) is 0 Å². The molecule has 0 N–H and O–H groups in total. The molecule has 0 radical (unpaired) electrons. The van der Waals surface area contributed by atoms with Gasteiger partial charge < -0.3 is 4.74 Å². The highest BCUT2D eigenvalue weighted by Gasteiger charge is 1.97. The van der Waals surface area contributed by atoms with Crippen molar-refractivity contribution in [1.29, 1.82) is 0 Å². The molecule has 0 aliphatic carbocycles. The van der Waals surface area contributed by atoms with E-state index >= 15 is 0 Å². The van der Waals surface area contributed by atoms with Gasteiger partial charge in [-0.05, 0) is 25.7 Å². The van der Waals surface area contributed by atoms with E-state index < -0.39 is 0 Å². The molecule has 1 aromatic carbocycles. The van der Waals surface area contributed by atoms with E-state index in [4.69, 9.17) is 4.74 Å². The van der Waals surface area contributed by atoms with Gasteiger partial charge in [-0.3, -0.25) is 9.69 Å². The van der Waals surface area contributed by atoms with Crippen LogP contribution in [0.5, 0.6) is 0 Å². The maximum absolute atomic E-state index is 10.7. The second-order valence-electron chi connectivity index (χ2n) is 3.43. The summed E-state index contributed by atoms with van der Waals surface area (Å²) in [7, 11) is 3.76. The van der Waals surface area contributed by atoms with E-state index in [1.165, 1.54) is 0 Å². The number of nitrogens with zero attached hydrogens (tertiary/aromatic N) is 1. The quantitative estimate of drug-likeness (QED) is 0.317. The molecule has 15 heavy (non-hydrogen) atoms. The Bertz CT molecular complexity index is 331. The molecule has 3 heteroatoms. The van der Waals surface area contributed by atoms with Crippen LogP contribution in [0.3, 0.4) is 0 Å². The minimum atomic E-state index is 0.343. The Morgan fingerprint density at radius 1 is 1.33 bits per heavy atom. The summed E-state index contributed by atoms with van der Waals surface area (Å²) in [5, 5.41) is 0. The lowest BCUT2D eigenvalue weighted by Crippen LogP contribution is -2.16. The Morgan fingerprint density at radius 2 is 2.00 bits per heavy atom. The Kier molecular flexibility index (Phi) is 4.57. The van der Waals surface area contributed by atoms with Gasteiger partial charge in [0.25, 0.3) is 0 Å². The second kappa shape index (κ2) is 5.98. The molecule has 0 bridgehead atoms. The van der Waals surface area contributed by atoms with Crippen molar-refractivity contribution >= 4 is 12.4 Å². The number of carbonyl (C=O) groups excluding carboxylic acids is 1. The molecule has 0 amide bonds. The average Bonchev–Trinajstić information content (AvgIpc) is 2.25. The van der Waals surface area contributed by atoms with Crippen LogP contribution in [0.4, 0.5) is 0 Å². The SMILES string of the molecule is CN(C)COC(C=O)=Cc1ccccc1. The van der Waals surface area contributed by atoms with Gasteiger partial charge in [0.05, 0.1) is 0 Å². The highest BCUT2D eigenvalue weighted by atomic mass is 16.5. The summed E-state index contributed by atoms with van der Waals surface area (Å²) in [5.74, 6) is 0.343. The first-order valence-corrected chi connectivity index (χ1v) is 4.72. The van der Waals surface area contributed by atoms with Gasteiger partial charge in [0, 0.05) is 0 Å². The fraction of sp³-hybridized carbons (Fsp3) is 0.250. The molecule has 80 valence electrons. The van der Waals surface area contributed by atoms with Crippen LogP contribution < -0.4 is 0 Å². The Labute approximate surface area is 90.0 Å². The van der Waals surface area contributed by atoms with E-state index in [1.54, 1.807) is 6.08 Å². The zero-order chi connectivity index (χ0) is 11.1. The third-order valence-electron chi connectivity index (χ3n) is 1.71. The smallest absolute Gasteiger partial charge is 0.184 e. The first kappa shape index (κ1) is 11.5. The highest BCUT2D eigenvalue weighted by Crippen LogP contribution is 2.05. The summed E-state index contributed by atoms with van der Waals surface area (Å²) in [4.78, 5) is 12.6. The van der Waals surface area contributed by atoms with Crippen LogP contribution in [0.15, 0.2) is 36.1 Å². The van der Waals surface area contributed by atoms with Crippen LogP contribution in [-0.2, 0) is 9.53 Å². The maximum atomic E-state index is 10.7. The number of carbonyl (C=O) groups is 1. The minimum absolute atomic E-state index is 0.343. The number of ether oxygens (including phenoxy) is 1. The maximum Gasteiger partial charge on any atom is 0.184 e. The lowest BCUT2D eigenvalue weighted by molar-refractivity contribution is -0.108. The molecule has 1 rings (SSSR count). The monoisotopic (exact) mass is 205 g/mol. The van der Waals surface area contributed by atoms with E-state index in [-0.39, 0.29) is 0 Å². The van der Waals surface area contributed by atoms with E-state index in [1.807, 2.05) is 49.3 Å². The highest BCUT2D eigenvalue weighted by molar-refractivity contribution is 5.78. The molecule has 1 aromatic rings. The summed E-state index contributed by atoms with van der Waals surface area (Å²) in [6.45, 7) is 0.400. The number of allylic oxidation sites excluding steroid dienone is 1. The van der Waals surface area contributed by atoms with Crippen LogP contribution in [0.25, 0.3) is 6.08 Å². The number of hydrogen-bond donors (Lipinski definition) is 0. The molecule has 0 heterocycles. The Hall–Kier alpha value is -1.61. The lowest BCUT2D eigenvalue weighted by Gasteiger charge is -2.10. The largest absolute Gasteiger partial charge is 0.475 e. The van der Waals surface area contributed by atoms with Gasteiger partial charge in [-0.2, -0.15) is 0 Å². The fourth-order valence-corrected chi connectivity index (χ4v) is 1.03. The number of rotatable bonds is 5. The minimum Gasteiger partial charge on any atom is -0.475 e. The fourth-order valence-electron chi connectivity index (χ4n) is 1.03. The summed E-state index contributed by atoms with van der Waals surface area (Å²) in [6, 6.07) is 9.60. The van der Waals surface area contributed by atoms with Gasteiger partial charge >= 0.3 is 0 Å². The summed E-state index contributed by atoms with van der Waals surface area (Å²) in [5.41, 5.74) is 0.957. The number of hydrogen-bond acceptors (Lipinski definition) is 3. The Morgan fingerprint density at radius 3 is 2.53 bits per heavy atom. The molecule has 0 aliphatic rings. The molecule has 3 nitrogen and oxygen atoms in total. The van der Waals surface area contributed by atoms with Crippen molar-refractivity contribution in [3.05, 3.63) is 41.7 Å². The number of aldehydes is 1. The van der Waals surface area contributed by atoms with Gasteiger partial charge in [0.2, 0.25) is 0 Å². The van der Waals surface area contributed by atoms with Crippen LogP contribution in [-0.4, -0.2) is 32.0 Å². The molecule has 0 unspecified atom stereocenters. The normalized spacial score (nSPS) is 11.5. The molecule has 0 aliphatic heterocycles. The third kappa shape index (κ3) is 4.42. The predicted octanol–water partition coefficient (Wildman–Crippen LogP) is 1.76. The topological polar surface area (TPSA) is 29.5 Å². The molecular formula is C12H15NO2. The van der Waals surface area contributed by atoms with Gasteiger partial charge in [0.15, 0.2) is 12.0 Å².